The molecule has 1 saturated carbocycles. The Balaban J connectivity index is 2.05. The van der Waals surface area contributed by atoms with Crippen molar-refractivity contribution in [1.29, 1.82) is 0 Å². The van der Waals surface area contributed by atoms with Gasteiger partial charge in [-0.2, -0.15) is 0 Å². The summed E-state index contributed by atoms with van der Waals surface area (Å²) in [5.41, 5.74) is 4.01. The zero-order chi connectivity index (χ0) is 12.5. The van der Waals surface area contributed by atoms with Gasteiger partial charge < -0.3 is 20.9 Å². The number of rotatable bonds is 4. The number of nitrogens with two attached hydrogens (primary N) is 1. The summed E-state index contributed by atoms with van der Waals surface area (Å²) in [5, 5.41) is 11.7. The molecule has 1 heterocycles. The summed E-state index contributed by atoms with van der Waals surface area (Å²) in [4.78, 5) is 23.2. The van der Waals surface area contributed by atoms with E-state index in [1.54, 1.807) is 0 Å². The minimum absolute atomic E-state index is 0.233. The molecule has 0 spiro atoms. The molecule has 2 rings (SSSR count). The van der Waals surface area contributed by atoms with E-state index in [9.17, 15) is 9.59 Å². The Morgan fingerprint density at radius 2 is 1.82 bits per heavy atom. The van der Waals surface area contributed by atoms with Gasteiger partial charge in [0, 0.05) is 19.8 Å². The van der Waals surface area contributed by atoms with Crippen LogP contribution in [-0.4, -0.2) is 42.3 Å². The zero-order valence-electron chi connectivity index (χ0n) is 9.70. The summed E-state index contributed by atoms with van der Waals surface area (Å²) >= 11 is 0. The van der Waals surface area contributed by atoms with E-state index >= 15 is 0 Å². The van der Waals surface area contributed by atoms with Gasteiger partial charge in [-0.1, -0.05) is 0 Å². The van der Waals surface area contributed by atoms with Crippen molar-refractivity contribution in [1.82, 2.24) is 5.32 Å². The first-order valence-electron chi connectivity index (χ1n) is 5.89. The van der Waals surface area contributed by atoms with Gasteiger partial charge in [0.15, 0.2) is 0 Å². The summed E-state index contributed by atoms with van der Waals surface area (Å²) in [7, 11) is 0. The topological polar surface area (TPSA) is 102 Å². The molecule has 6 nitrogen and oxygen atoms in total. The van der Waals surface area contributed by atoms with E-state index < -0.39 is 16.9 Å². The predicted molar refractivity (Wildman–Crippen MR) is 59.3 cm³/mol. The second-order valence-corrected chi connectivity index (χ2v) is 4.94. The third-order valence-corrected chi connectivity index (χ3v) is 3.83. The van der Waals surface area contributed by atoms with Crippen LogP contribution in [0.4, 0.5) is 0 Å². The molecule has 1 aliphatic heterocycles. The van der Waals surface area contributed by atoms with Gasteiger partial charge in [-0.15, -0.1) is 0 Å². The first kappa shape index (κ1) is 12.3. The van der Waals surface area contributed by atoms with Gasteiger partial charge in [-0.05, 0) is 25.7 Å². The maximum Gasteiger partial charge on any atom is 0.329 e. The van der Waals surface area contributed by atoms with E-state index in [1.807, 2.05) is 0 Å². The van der Waals surface area contributed by atoms with Crippen molar-refractivity contribution in [3.8, 4) is 0 Å². The van der Waals surface area contributed by atoms with Crippen molar-refractivity contribution < 1.29 is 19.4 Å². The number of amides is 1. The molecule has 1 saturated heterocycles. The molecule has 2 fully saturated rings. The SMILES string of the molecule is NCC1(C(=O)NC2(C(=O)O)CC2)CCOCC1. The first-order valence-corrected chi connectivity index (χ1v) is 5.89. The van der Waals surface area contributed by atoms with Crippen LogP contribution in [-0.2, 0) is 14.3 Å². The molecule has 0 aromatic carbocycles. The molecule has 0 radical (unpaired) electrons. The number of hydrogen-bond acceptors (Lipinski definition) is 4. The van der Waals surface area contributed by atoms with Gasteiger partial charge in [-0.3, -0.25) is 4.79 Å². The monoisotopic (exact) mass is 242 g/mol. The summed E-state index contributed by atoms with van der Waals surface area (Å²) in [6, 6.07) is 0. The average Bonchev–Trinajstić information content (AvgIpc) is 3.11. The molecule has 0 bridgehead atoms. The standard InChI is InChI=1S/C11H18N2O4/c12-7-10(3-5-17-6-4-10)8(14)13-11(1-2-11)9(15)16/h1-7,12H2,(H,13,14)(H,15,16). The maximum absolute atomic E-state index is 12.2. The minimum atomic E-state index is -1.03. The Labute approximate surface area is 99.5 Å². The van der Waals surface area contributed by atoms with Crippen LogP contribution in [0, 0.1) is 5.41 Å². The molecule has 4 N–H and O–H groups in total. The molecule has 0 aromatic heterocycles. The summed E-state index contributed by atoms with van der Waals surface area (Å²) in [6.07, 6.45) is 2.13. The quantitative estimate of drug-likeness (QED) is 0.615. The van der Waals surface area contributed by atoms with Crippen LogP contribution >= 0.6 is 0 Å². The van der Waals surface area contributed by atoms with Crippen molar-refractivity contribution in [3.63, 3.8) is 0 Å². The Bertz CT molecular complexity index is 332. The predicted octanol–water partition coefficient (Wildman–Crippen LogP) is -0.525. The van der Waals surface area contributed by atoms with Crippen molar-refractivity contribution in [2.24, 2.45) is 11.1 Å². The van der Waals surface area contributed by atoms with Gasteiger partial charge in [0.05, 0.1) is 5.41 Å². The lowest BCUT2D eigenvalue weighted by Crippen LogP contribution is -2.54. The number of hydrogen-bond donors (Lipinski definition) is 3. The van der Waals surface area contributed by atoms with E-state index in [1.165, 1.54) is 0 Å². The van der Waals surface area contributed by atoms with Crippen LogP contribution in [0.5, 0.6) is 0 Å². The van der Waals surface area contributed by atoms with Gasteiger partial charge >= 0.3 is 5.97 Å². The van der Waals surface area contributed by atoms with E-state index in [-0.39, 0.29) is 12.5 Å². The fourth-order valence-corrected chi connectivity index (χ4v) is 2.15. The molecule has 96 valence electrons. The Morgan fingerprint density at radius 1 is 1.24 bits per heavy atom. The van der Waals surface area contributed by atoms with E-state index in [0.717, 1.165) is 0 Å². The van der Waals surface area contributed by atoms with Crippen LogP contribution in [0.15, 0.2) is 0 Å². The van der Waals surface area contributed by atoms with Crippen LogP contribution in [0.2, 0.25) is 0 Å². The lowest BCUT2D eigenvalue weighted by Gasteiger charge is -2.35. The number of carbonyl (C=O) groups is 2. The normalized spacial score (nSPS) is 25.0. The van der Waals surface area contributed by atoms with Crippen molar-refractivity contribution >= 4 is 11.9 Å². The van der Waals surface area contributed by atoms with Gasteiger partial charge in [0.2, 0.25) is 5.91 Å². The molecular weight excluding hydrogens is 224 g/mol. The van der Waals surface area contributed by atoms with E-state index in [0.29, 0.717) is 38.9 Å². The van der Waals surface area contributed by atoms with Gasteiger partial charge in [-0.25, -0.2) is 4.79 Å². The van der Waals surface area contributed by atoms with Crippen LogP contribution < -0.4 is 11.1 Å². The Morgan fingerprint density at radius 3 is 2.24 bits per heavy atom. The molecule has 17 heavy (non-hydrogen) atoms. The van der Waals surface area contributed by atoms with Gasteiger partial charge in [0.25, 0.3) is 0 Å². The smallest absolute Gasteiger partial charge is 0.329 e. The molecule has 0 unspecified atom stereocenters. The number of carboxylic acids is 1. The van der Waals surface area contributed by atoms with Crippen LogP contribution in [0.1, 0.15) is 25.7 Å². The average molecular weight is 242 g/mol. The second-order valence-electron chi connectivity index (χ2n) is 4.94. The summed E-state index contributed by atoms with van der Waals surface area (Å²) < 4.78 is 5.22. The van der Waals surface area contributed by atoms with E-state index in [2.05, 4.69) is 5.32 Å². The highest BCUT2D eigenvalue weighted by molar-refractivity contribution is 5.92. The molecule has 0 atom stereocenters. The van der Waals surface area contributed by atoms with Crippen molar-refractivity contribution in [2.45, 2.75) is 31.2 Å². The largest absolute Gasteiger partial charge is 0.480 e. The van der Waals surface area contributed by atoms with Crippen LogP contribution in [0.25, 0.3) is 0 Å². The highest BCUT2D eigenvalue weighted by atomic mass is 16.5. The lowest BCUT2D eigenvalue weighted by molar-refractivity contribution is -0.146. The Hall–Kier alpha value is -1.14. The third-order valence-electron chi connectivity index (χ3n) is 3.83. The Kier molecular flexibility index (Phi) is 3.09. The number of aliphatic carboxylic acids is 1. The highest BCUT2D eigenvalue weighted by Crippen LogP contribution is 2.38. The summed E-state index contributed by atoms with van der Waals surface area (Å²) in [5.74, 6) is -1.19. The highest BCUT2D eigenvalue weighted by Gasteiger charge is 2.54. The first-order chi connectivity index (χ1) is 8.05. The molecule has 6 heteroatoms. The maximum atomic E-state index is 12.2. The van der Waals surface area contributed by atoms with Crippen molar-refractivity contribution in [2.75, 3.05) is 19.8 Å². The third kappa shape index (κ3) is 2.14. The lowest BCUT2D eigenvalue weighted by atomic mass is 9.79. The van der Waals surface area contributed by atoms with E-state index in [4.69, 9.17) is 15.6 Å². The molecule has 1 amide bonds. The molecular formula is C11H18N2O4. The minimum Gasteiger partial charge on any atom is -0.480 e. The van der Waals surface area contributed by atoms with Crippen LogP contribution in [0.3, 0.4) is 0 Å². The molecule has 2 aliphatic rings. The van der Waals surface area contributed by atoms with Crippen molar-refractivity contribution in [3.05, 3.63) is 0 Å². The fraction of sp³-hybridized carbons (Fsp3) is 0.818. The number of nitrogens with one attached hydrogen (secondary N) is 1. The zero-order valence-corrected chi connectivity index (χ0v) is 9.70. The number of ether oxygens (including phenoxy) is 1. The molecule has 0 aromatic rings. The second kappa shape index (κ2) is 4.27. The summed E-state index contributed by atoms with van der Waals surface area (Å²) in [6.45, 7) is 1.24. The number of carboxylic acid groups (broad SMARTS) is 1. The molecule has 1 aliphatic carbocycles. The van der Waals surface area contributed by atoms with Gasteiger partial charge in [0.1, 0.15) is 5.54 Å². The number of carbonyl (C=O) groups excluding carboxylic acids is 1. The fourth-order valence-electron chi connectivity index (χ4n) is 2.15.